The van der Waals surface area contributed by atoms with E-state index in [1.54, 1.807) is 18.4 Å². The molecule has 1 aromatic heterocycles. The van der Waals surface area contributed by atoms with Crippen molar-refractivity contribution in [1.82, 2.24) is 5.32 Å². The summed E-state index contributed by atoms with van der Waals surface area (Å²) in [7, 11) is 1.71. The van der Waals surface area contributed by atoms with E-state index in [1.807, 2.05) is 12.1 Å². The summed E-state index contributed by atoms with van der Waals surface area (Å²) in [6.07, 6.45) is 0. The Bertz CT molecular complexity index is 735. The molecule has 0 saturated carbocycles. The molecular formula is C18H19NOS. The van der Waals surface area contributed by atoms with Crippen LogP contribution in [-0.2, 0) is 0 Å². The molecular weight excluding hydrogens is 278 g/mol. The van der Waals surface area contributed by atoms with Crippen molar-refractivity contribution in [1.29, 1.82) is 0 Å². The molecule has 0 spiro atoms. The highest BCUT2D eigenvalue weighted by Gasteiger charge is 2.17. The zero-order chi connectivity index (χ0) is 14.7. The third-order valence-electron chi connectivity index (χ3n) is 3.66. The van der Waals surface area contributed by atoms with E-state index in [2.05, 4.69) is 54.0 Å². The summed E-state index contributed by atoms with van der Waals surface area (Å²) in [5, 5.41) is 7.19. The Kier molecular flexibility index (Phi) is 4.23. The van der Waals surface area contributed by atoms with E-state index in [1.165, 1.54) is 21.2 Å². The molecule has 0 saturated heterocycles. The molecule has 0 amide bonds. The normalized spacial score (nSPS) is 12.5. The van der Waals surface area contributed by atoms with Gasteiger partial charge in [-0.1, -0.05) is 37.3 Å². The van der Waals surface area contributed by atoms with Crippen molar-refractivity contribution in [2.24, 2.45) is 0 Å². The van der Waals surface area contributed by atoms with Gasteiger partial charge in [-0.2, -0.15) is 0 Å². The molecule has 1 N–H and O–H groups in total. The molecule has 108 valence electrons. The number of rotatable bonds is 5. The number of ether oxygens (including phenoxy) is 1. The molecule has 0 aliphatic heterocycles. The highest BCUT2D eigenvalue weighted by Crippen LogP contribution is 2.34. The van der Waals surface area contributed by atoms with Crippen molar-refractivity contribution in [3.8, 4) is 5.75 Å². The molecule has 0 radical (unpaired) electrons. The predicted octanol–water partition coefficient (Wildman–Crippen LogP) is 4.61. The van der Waals surface area contributed by atoms with Gasteiger partial charge < -0.3 is 10.1 Å². The molecule has 2 aromatic carbocycles. The maximum atomic E-state index is 5.36. The third kappa shape index (κ3) is 2.80. The molecule has 2 nitrogen and oxygen atoms in total. The first-order valence-corrected chi connectivity index (χ1v) is 8.05. The summed E-state index contributed by atoms with van der Waals surface area (Å²) in [5.41, 5.74) is 2.57. The van der Waals surface area contributed by atoms with Crippen molar-refractivity contribution in [3.63, 3.8) is 0 Å². The van der Waals surface area contributed by atoms with E-state index >= 15 is 0 Å². The molecule has 1 unspecified atom stereocenters. The van der Waals surface area contributed by atoms with Crippen LogP contribution < -0.4 is 10.1 Å². The fraction of sp³-hybridized carbons (Fsp3) is 0.222. The fourth-order valence-corrected chi connectivity index (χ4v) is 3.64. The van der Waals surface area contributed by atoms with Crippen molar-refractivity contribution < 1.29 is 4.74 Å². The Labute approximate surface area is 129 Å². The molecule has 3 rings (SSSR count). The van der Waals surface area contributed by atoms with Crippen LogP contribution in [0.5, 0.6) is 5.75 Å². The second-order valence-corrected chi connectivity index (χ2v) is 5.87. The first-order valence-electron chi connectivity index (χ1n) is 7.17. The number of nitrogens with one attached hydrogen (secondary N) is 1. The highest BCUT2D eigenvalue weighted by molar-refractivity contribution is 7.17. The number of methoxy groups -OCH3 is 1. The van der Waals surface area contributed by atoms with Crippen molar-refractivity contribution in [2.45, 2.75) is 13.0 Å². The molecule has 3 heteroatoms. The maximum absolute atomic E-state index is 5.36. The van der Waals surface area contributed by atoms with Crippen LogP contribution in [0, 0.1) is 0 Å². The lowest BCUT2D eigenvalue weighted by atomic mass is 9.98. The average molecular weight is 297 g/mol. The number of fused-ring (bicyclic) bond motifs is 1. The SMILES string of the molecule is CCNC(c1cccc(OC)c1)c1csc2ccccc12. The van der Waals surface area contributed by atoms with Crippen LogP contribution in [0.2, 0.25) is 0 Å². The van der Waals surface area contributed by atoms with E-state index in [-0.39, 0.29) is 6.04 Å². The first-order chi connectivity index (χ1) is 10.3. The van der Waals surface area contributed by atoms with Crippen LogP contribution in [0.1, 0.15) is 24.1 Å². The molecule has 0 aliphatic carbocycles. The van der Waals surface area contributed by atoms with E-state index in [0.717, 1.165) is 12.3 Å². The van der Waals surface area contributed by atoms with Crippen LogP contribution in [0.15, 0.2) is 53.9 Å². The molecule has 0 bridgehead atoms. The lowest BCUT2D eigenvalue weighted by molar-refractivity contribution is 0.413. The van der Waals surface area contributed by atoms with Crippen molar-refractivity contribution in [2.75, 3.05) is 13.7 Å². The minimum absolute atomic E-state index is 0.196. The van der Waals surface area contributed by atoms with Crippen LogP contribution in [-0.4, -0.2) is 13.7 Å². The van der Waals surface area contributed by atoms with Crippen LogP contribution in [0.25, 0.3) is 10.1 Å². The Morgan fingerprint density at radius 1 is 1.14 bits per heavy atom. The molecule has 0 fully saturated rings. The van der Waals surface area contributed by atoms with Gasteiger partial charge in [-0.3, -0.25) is 0 Å². The van der Waals surface area contributed by atoms with Crippen molar-refractivity contribution in [3.05, 3.63) is 65.0 Å². The van der Waals surface area contributed by atoms with Crippen LogP contribution >= 0.6 is 11.3 Å². The van der Waals surface area contributed by atoms with Gasteiger partial charge in [-0.25, -0.2) is 0 Å². The summed E-state index contributed by atoms with van der Waals surface area (Å²) in [6, 6.07) is 17.1. The second-order valence-electron chi connectivity index (χ2n) is 4.95. The maximum Gasteiger partial charge on any atom is 0.119 e. The third-order valence-corrected chi connectivity index (χ3v) is 4.64. The zero-order valence-corrected chi connectivity index (χ0v) is 13.1. The Morgan fingerprint density at radius 2 is 2.00 bits per heavy atom. The Morgan fingerprint density at radius 3 is 2.81 bits per heavy atom. The van der Waals surface area contributed by atoms with E-state index in [9.17, 15) is 0 Å². The Hall–Kier alpha value is -1.84. The standard InChI is InChI=1S/C18H19NOS/c1-3-19-18(13-7-6-8-14(11-13)20-2)16-12-21-17-10-5-4-9-15(16)17/h4-12,18-19H,3H2,1-2H3. The summed E-state index contributed by atoms with van der Waals surface area (Å²) in [4.78, 5) is 0. The molecule has 3 aromatic rings. The molecule has 1 heterocycles. The quantitative estimate of drug-likeness (QED) is 0.742. The Balaban J connectivity index is 2.08. The minimum Gasteiger partial charge on any atom is -0.497 e. The van der Waals surface area contributed by atoms with Gasteiger partial charge in [-0.05, 0) is 46.6 Å². The summed E-state index contributed by atoms with van der Waals surface area (Å²) >= 11 is 1.80. The predicted molar refractivity (Wildman–Crippen MR) is 90.3 cm³/mol. The van der Waals surface area contributed by atoms with Crippen molar-refractivity contribution >= 4 is 21.4 Å². The number of thiophene rings is 1. The topological polar surface area (TPSA) is 21.3 Å². The summed E-state index contributed by atoms with van der Waals surface area (Å²) in [6.45, 7) is 3.06. The monoisotopic (exact) mass is 297 g/mol. The molecule has 0 aliphatic rings. The van der Waals surface area contributed by atoms with Crippen LogP contribution in [0.3, 0.4) is 0 Å². The zero-order valence-electron chi connectivity index (χ0n) is 12.3. The molecule has 1 atom stereocenters. The largest absolute Gasteiger partial charge is 0.497 e. The number of hydrogen-bond acceptors (Lipinski definition) is 3. The number of benzene rings is 2. The lowest BCUT2D eigenvalue weighted by Crippen LogP contribution is -2.21. The summed E-state index contributed by atoms with van der Waals surface area (Å²) < 4.78 is 6.69. The van der Waals surface area contributed by atoms with E-state index in [4.69, 9.17) is 4.74 Å². The smallest absolute Gasteiger partial charge is 0.119 e. The second kappa shape index (κ2) is 6.29. The van der Waals surface area contributed by atoms with Gasteiger partial charge in [-0.15, -0.1) is 11.3 Å². The first kappa shape index (κ1) is 14.1. The highest BCUT2D eigenvalue weighted by atomic mass is 32.1. The average Bonchev–Trinajstić information content (AvgIpc) is 2.96. The summed E-state index contributed by atoms with van der Waals surface area (Å²) in [5.74, 6) is 0.898. The van der Waals surface area contributed by atoms with E-state index < -0.39 is 0 Å². The van der Waals surface area contributed by atoms with E-state index in [0.29, 0.717) is 0 Å². The van der Waals surface area contributed by atoms with Gasteiger partial charge in [0.2, 0.25) is 0 Å². The van der Waals surface area contributed by atoms with Gasteiger partial charge in [0.1, 0.15) is 5.75 Å². The number of hydrogen-bond donors (Lipinski definition) is 1. The van der Waals surface area contributed by atoms with Crippen LogP contribution in [0.4, 0.5) is 0 Å². The van der Waals surface area contributed by atoms with Gasteiger partial charge in [0.15, 0.2) is 0 Å². The molecule has 21 heavy (non-hydrogen) atoms. The van der Waals surface area contributed by atoms with Gasteiger partial charge >= 0.3 is 0 Å². The fourth-order valence-electron chi connectivity index (χ4n) is 2.65. The van der Waals surface area contributed by atoms with Gasteiger partial charge in [0.05, 0.1) is 13.2 Å². The lowest BCUT2D eigenvalue weighted by Gasteiger charge is -2.19. The van der Waals surface area contributed by atoms with Gasteiger partial charge in [0.25, 0.3) is 0 Å². The minimum atomic E-state index is 0.196. The van der Waals surface area contributed by atoms with Gasteiger partial charge in [0, 0.05) is 4.70 Å².